The molecular weight excluding hydrogens is 277 g/mol. The van der Waals surface area contributed by atoms with Crippen LogP contribution in [0.5, 0.6) is 5.75 Å². The highest BCUT2D eigenvalue weighted by Crippen LogP contribution is 2.30. The Morgan fingerprint density at radius 2 is 2.00 bits per heavy atom. The Bertz CT molecular complexity index is 445. The largest absolute Gasteiger partial charge is 0.489 e. The molecule has 1 aromatic rings. The second kappa shape index (κ2) is 5.67. The first-order chi connectivity index (χ1) is 8.56. The Hall–Kier alpha value is -1.13. The van der Waals surface area contributed by atoms with Crippen LogP contribution in [-0.2, 0) is 0 Å². The lowest BCUT2D eigenvalue weighted by molar-refractivity contribution is 0.0895. The molecule has 2 rings (SSSR count). The molecule has 0 atom stereocenters. The fourth-order valence-corrected chi connectivity index (χ4v) is 2.24. The molecule has 1 aromatic carbocycles. The van der Waals surface area contributed by atoms with Gasteiger partial charge in [0.2, 0.25) is 0 Å². The third-order valence-electron chi connectivity index (χ3n) is 2.90. The van der Waals surface area contributed by atoms with Crippen molar-refractivity contribution in [1.82, 2.24) is 4.90 Å². The number of halogens is 2. The van der Waals surface area contributed by atoms with Crippen molar-refractivity contribution in [2.24, 2.45) is 0 Å². The van der Waals surface area contributed by atoms with E-state index >= 15 is 0 Å². The van der Waals surface area contributed by atoms with Gasteiger partial charge in [0, 0.05) is 37.0 Å². The second-order valence-electron chi connectivity index (χ2n) is 4.16. The SMILES string of the molecule is O=C(O)N1CCC(Oc2cc(Cl)ccc2Cl)CC1. The zero-order valence-corrected chi connectivity index (χ0v) is 11.1. The van der Waals surface area contributed by atoms with Crippen molar-refractivity contribution in [3.05, 3.63) is 28.2 Å². The van der Waals surface area contributed by atoms with Crippen molar-refractivity contribution in [2.75, 3.05) is 13.1 Å². The first kappa shape index (κ1) is 13.3. The van der Waals surface area contributed by atoms with Crippen LogP contribution in [0.25, 0.3) is 0 Å². The minimum absolute atomic E-state index is 0.0171. The number of likely N-dealkylation sites (tertiary alicyclic amines) is 1. The van der Waals surface area contributed by atoms with Crippen LogP contribution >= 0.6 is 23.2 Å². The molecule has 0 aliphatic carbocycles. The summed E-state index contributed by atoms with van der Waals surface area (Å²) in [7, 11) is 0. The molecule has 1 saturated heterocycles. The average Bonchev–Trinajstić information content (AvgIpc) is 2.34. The molecule has 0 saturated carbocycles. The van der Waals surface area contributed by atoms with E-state index in [2.05, 4.69) is 0 Å². The number of amides is 1. The van der Waals surface area contributed by atoms with Crippen molar-refractivity contribution in [2.45, 2.75) is 18.9 Å². The maximum Gasteiger partial charge on any atom is 0.407 e. The summed E-state index contributed by atoms with van der Waals surface area (Å²) < 4.78 is 5.76. The molecule has 0 unspecified atom stereocenters. The summed E-state index contributed by atoms with van der Waals surface area (Å²) in [4.78, 5) is 12.2. The van der Waals surface area contributed by atoms with Crippen LogP contribution in [0.3, 0.4) is 0 Å². The molecule has 98 valence electrons. The Kier molecular flexibility index (Phi) is 4.19. The van der Waals surface area contributed by atoms with Gasteiger partial charge in [-0.15, -0.1) is 0 Å². The predicted octanol–water partition coefficient (Wildman–Crippen LogP) is 3.51. The van der Waals surface area contributed by atoms with Gasteiger partial charge in [0.05, 0.1) is 5.02 Å². The summed E-state index contributed by atoms with van der Waals surface area (Å²) in [6.45, 7) is 0.969. The van der Waals surface area contributed by atoms with Crippen LogP contribution in [0.15, 0.2) is 18.2 Å². The fraction of sp³-hybridized carbons (Fsp3) is 0.417. The predicted molar refractivity (Wildman–Crippen MR) is 69.7 cm³/mol. The van der Waals surface area contributed by atoms with Gasteiger partial charge in [-0.05, 0) is 12.1 Å². The molecule has 0 radical (unpaired) electrons. The van der Waals surface area contributed by atoms with Gasteiger partial charge in [0.25, 0.3) is 0 Å². The highest BCUT2D eigenvalue weighted by molar-refractivity contribution is 6.34. The molecule has 18 heavy (non-hydrogen) atoms. The van der Waals surface area contributed by atoms with E-state index in [1.807, 2.05) is 0 Å². The van der Waals surface area contributed by atoms with E-state index in [4.69, 9.17) is 33.0 Å². The van der Waals surface area contributed by atoms with E-state index in [1.54, 1.807) is 18.2 Å². The lowest BCUT2D eigenvalue weighted by atomic mass is 10.1. The standard InChI is InChI=1S/C12H13Cl2NO3/c13-8-1-2-10(14)11(7-8)18-9-3-5-15(6-4-9)12(16)17/h1-2,7,9H,3-6H2,(H,16,17). The number of benzene rings is 1. The van der Waals surface area contributed by atoms with Gasteiger partial charge in [-0.2, -0.15) is 0 Å². The smallest absolute Gasteiger partial charge is 0.407 e. The van der Waals surface area contributed by atoms with Gasteiger partial charge in [-0.25, -0.2) is 4.79 Å². The van der Waals surface area contributed by atoms with Crippen LogP contribution in [0, 0.1) is 0 Å². The quantitative estimate of drug-likeness (QED) is 0.906. The Labute approximate surface area is 115 Å². The third-order valence-corrected chi connectivity index (χ3v) is 3.45. The normalized spacial score (nSPS) is 16.7. The van der Waals surface area contributed by atoms with Crippen LogP contribution in [-0.4, -0.2) is 35.3 Å². The molecule has 1 aliphatic heterocycles. The summed E-state index contributed by atoms with van der Waals surface area (Å²) in [6, 6.07) is 5.06. The highest BCUT2D eigenvalue weighted by atomic mass is 35.5. The number of nitrogens with zero attached hydrogens (tertiary/aromatic N) is 1. The molecule has 4 nitrogen and oxygen atoms in total. The first-order valence-corrected chi connectivity index (χ1v) is 6.41. The van der Waals surface area contributed by atoms with Gasteiger partial charge in [0.15, 0.2) is 0 Å². The van der Waals surface area contributed by atoms with E-state index in [0.717, 1.165) is 0 Å². The Balaban J connectivity index is 1.95. The average molecular weight is 290 g/mol. The number of ether oxygens (including phenoxy) is 1. The lowest BCUT2D eigenvalue weighted by Gasteiger charge is -2.30. The molecule has 1 fully saturated rings. The summed E-state index contributed by atoms with van der Waals surface area (Å²) in [6.07, 6.45) is 0.426. The number of hydrogen-bond donors (Lipinski definition) is 1. The zero-order chi connectivity index (χ0) is 13.1. The molecule has 1 N–H and O–H groups in total. The summed E-state index contributed by atoms with van der Waals surface area (Å²) in [5, 5.41) is 9.92. The van der Waals surface area contributed by atoms with Gasteiger partial charge >= 0.3 is 6.09 Å². The Morgan fingerprint density at radius 1 is 1.33 bits per heavy atom. The number of carboxylic acid groups (broad SMARTS) is 1. The van der Waals surface area contributed by atoms with E-state index < -0.39 is 6.09 Å². The molecular formula is C12H13Cl2NO3. The van der Waals surface area contributed by atoms with Crippen LogP contribution in [0.2, 0.25) is 10.0 Å². The summed E-state index contributed by atoms with van der Waals surface area (Å²) >= 11 is 11.9. The summed E-state index contributed by atoms with van der Waals surface area (Å²) in [5.41, 5.74) is 0. The zero-order valence-electron chi connectivity index (χ0n) is 9.60. The molecule has 0 spiro atoms. The van der Waals surface area contributed by atoms with Crippen molar-refractivity contribution < 1.29 is 14.6 Å². The highest BCUT2D eigenvalue weighted by Gasteiger charge is 2.23. The van der Waals surface area contributed by atoms with Gasteiger partial charge < -0.3 is 14.7 Å². The van der Waals surface area contributed by atoms with E-state index in [0.29, 0.717) is 41.7 Å². The number of piperidine rings is 1. The van der Waals surface area contributed by atoms with Crippen LogP contribution < -0.4 is 4.74 Å². The second-order valence-corrected chi connectivity index (χ2v) is 5.01. The van der Waals surface area contributed by atoms with E-state index in [1.165, 1.54) is 4.90 Å². The van der Waals surface area contributed by atoms with Gasteiger partial charge in [0.1, 0.15) is 11.9 Å². The fourth-order valence-electron chi connectivity index (χ4n) is 1.91. The number of hydrogen-bond acceptors (Lipinski definition) is 2. The topological polar surface area (TPSA) is 49.8 Å². The van der Waals surface area contributed by atoms with Crippen molar-refractivity contribution in [1.29, 1.82) is 0 Å². The monoisotopic (exact) mass is 289 g/mol. The minimum Gasteiger partial charge on any atom is -0.489 e. The van der Waals surface area contributed by atoms with Crippen molar-refractivity contribution in [3.63, 3.8) is 0 Å². The number of carbonyl (C=O) groups is 1. The van der Waals surface area contributed by atoms with Gasteiger partial charge in [-0.3, -0.25) is 0 Å². The summed E-state index contributed by atoms with van der Waals surface area (Å²) in [5.74, 6) is 0.554. The maximum atomic E-state index is 10.8. The van der Waals surface area contributed by atoms with Crippen LogP contribution in [0.1, 0.15) is 12.8 Å². The molecule has 0 bridgehead atoms. The van der Waals surface area contributed by atoms with Crippen molar-refractivity contribution >= 4 is 29.3 Å². The van der Waals surface area contributed by atoms with E-state index in [-0.39, 0.29) is 6.10 Å². The van der Waals surface area contributed by atoms with Crippen molar-refractivity contribution in [3.8, 4) is 5.75 Å². The molecule has 0 aromatic heterocycles. The molecule has 1 aliphatic rings. The molecule has 6 heteroatoms. The third kappa shape index (κ3) is 3.21. The van der Waals surface area contributed by atoms with Gasteiger partial charge in [-0.1, -0.05) is 23.2 Å². The number of rotatable bonds is 2. The van der Waals surface area contributed by atoms with E-state index in [9.17, 15) is 4.79 Å². The lowest BCUT2D eigenvalue weighted by Crippen LogP contribution is -2.41. The van der Waals surface area contributed by atoms with Crippen LogP contribution in [0.4, 0.5) is 4.79 Å². The first-order valence-electron chi connectivity index (χ1n) is 5.66. The molecule has 1 heterocycles. The maximum absolute atomic E-state index is 10.8. The molecule has 1 amide bonds. The Morgan fingerprint density at radius 3 is 2.61 bits per heavy atom. The minimum atomic E-state index is -0.880.